The van der Waals surface area contributed by atoms with Crippen LogP contribution in [0.25, 0.3) is 0 Å². The largest absolute Gasteiger partial charge is 0.466 e. The van der Waals surface area contributed by atoms with Crippen molar-refractivity contribution in [3.8, 4) is 0 Å². The van der Waals surface area contributed by atoms with E-state index in [0.717, 1.165) is 24.0 Å². The Morgan fingerprint density at radius 2 is 0.941 bits per heavy atom. The summed E-state index contributed by atoms with van der Waals surface area (Å²) in [7, 11) is -0.984. The first-order valence-corrected chi connectivity index (χ1v) is 18.0. The molecule has 8 heteroatoms. The first kappa shape index (κ1) is 32.8. The van der Waals surface area contributed by atoms with Crippen LogP contribution >= 0.6 is 0 Å². The van der Waals surface area contributed by atoms with Crippen LogP contribution in [0.4, 0.5) is 0 Å². The van der Waals surface area contributed by atoms with Crippen LogP contribution in [0, 0.1) is 0 Å². The Kier molecular flexibility index (Phi) is 13.3. The van der Waals surface area contributed by atoms with Crippen molar-refractivity contribution < 1.29 is 27.9 Å². The zero-order chi connectivity index (χ0) is 26.8. The lowest BCUT2D eigenvalue weighted by atomic mass is 9.96. The summed E-state index contributed by atoms with van der Waals surface area (Å²) in [6.45, 7) is 23.4. The SMILES string of the molecule is COC(=O)/C=C(CCCO[Si](C)(C)C(C)(C)C)\C(=C/C(=O)OC)CCCO[Si](C)(C)C(C)(C)C. The van der Waals surface area contributed by atoms with Gasteiger partial charge in [-0.05, 0) is 73.1 Å². The standard InChI is InChI=1S/C26H50O6Si2/c1-25(2,3)33(9,10)31-17-13-15-21(19-23(27)29-7)22(20-24(28)30-8)16-14-18-32-34(11,12)26(4,5)6/h19-20H,13-18H2,1-12H3/b21-19-,22-20-. The molecule has 0 amide bonds. The van der Waals surface area contributed by atoms with Crippen molar-refractivity contribution >= 4 is 28.6 Å². The fourth-order valence-electron chi connectivity index (χ4n) is 2.67. The molecule has 0 aromatic rings. The summed E-state index contributed by atoms with van der Waals surface area (Å²) in [5.74, 6) is -0.873. The van der Waals surface area contributed by atoms with Crippen LogP contribution in [0.15, 0.2) is 23.3 Å². The highest BCUT2D eigenvalue weighted by atomic mass is 28.4. The summed E-state index contributed by atoms with van der Waals surface area (Å²) in [6, 6.07) is 0. The molecular weight excluding hydrogens is 464 g/mol. The number of methoxy groups -OCH3 is 2. The van der Waals surface area contributed by atoms with E-state index < -0.39 is 28.6 Å². The molecule has 0 saturated carbocycles. The fraction of sp³-hybridized carbons (Fsp3) is 0.769. The third kappa shape index (κ3) is 11.5. The van der Waals surface area contributed by atoms with E-state index in [9.17, 15) is 9.59 Å². The van der Waals surface area contributed by atoms with Crippen molar-refractivity contribution in [3.05, 3.63) is 23.3 Å². The molecule has 0 aromatic heterocycles. The number of carbonyl (C=O) groups excluding carboxylic acids is 2. The molecule has 0 aliphatic heterocycles. The van der Waals surface area contributed by atoms with Gasteiger partial charge in [0.2, 0.25) is 0 Å². The molecule has 0 bridgehead atoms. The lowest BCUT2D eigenvalue weighted by Gasteiger charge is -2.36. The molecule has 0 aromatic carbocycles. The first-order chi connectivity index (χ1) is 15.4. The topological polar surface area (TPSA) is 71.1 Å². The van der Waals surface area contributed by atoms with Crippen LogP contribution in [0.3, 0.4) is 0 Å². The first-order valence-electron chi connectivity index (χ1n) is 12.2. The summed E-state index contributed by atoms with van der Waals surface area (Å²) in [6.07, 6.45) is 5.67. The maximum absolute atomic E-state index is 12.1. The molecule has 0 radical (unpaired) electrons. The van der Waals surface area contributed by atoms with E-state index in [0.29, 0.717) is 26.1 Å². The van der Waals surface area contributed by atoms with Crippen LogP contribution in [-0.4, -0.2) is 56.0 Å². The van der Waals surface area contributed by atoms with Gasteiger partial charge in [0, 0.05) is 25.4 Å². The van der Waals surface area contributed by atoms with Crippen LogP contribution in [0.1, 0.15) is 67.2 Å². The molecule has 34 heavy (non-hydrogen) atoms. The van der Waals surface area contributed by atoms with Gasteiger partial charge in [0.05, 0.1) is 14.2 Å². The number of hydrogen-bond donors (Lipinski definition) is 0. The maximum Gasteiger partial charge on any atom is 0.330 e. The van der Waals surface area contributed by atoms with Crippen LogP contribution in [0.2, 0.25) is 36.3 Å². The molecule has 6 nitrogen and oxygen atoms in total. The van der Waals surface area contributed by atoms with Gasteiger partial charge in [0.15, 0.2) is 16.6 Å². The number of carbonyl (C=O) groups is 2. The van der Waals surface area contributed by atoms with Gasteiger partial charge < -0.3 is 18.3 Å². The van der Waals surface area contributed by atoms with Crippen molar-refractivity contribution in [1.29, 1.82) is 0 Å². The smallest absolute Gasteiger partial charge is 0.330 e. The van der Waals surface area contributed by atoms with E-state index in [4.69, 9.17) is 18.3 Å². The van der Waals surface area contributed by atoms with Crippen molar-refractivity contribution in [2.75, 3.05) is 27.4 Å². The molecule has 0 saturated heterocycles. The van der Waals surface area contributed by atoms with Gasteiger partial charge in [-0.3, -0.25) is 0 Å². The van der Waals surface area contributed by atoms with Crippen LogP contribution < -0.4 is 0 Å². The Balaban J connectivity index is 5.45. The minimum atomic E-state index is -1.85. The van der Waals surface area contributed by atoms with E-state index in [1.165, 1.54) is 26.4 Å². The van der Waals surface area contributed by atoms with Crippen molar-refractivity contribution in [2.24, 2.45) is 0 Å². The van der Waals surface area contributed by atoms with E-state index in [1.807, 2.05) is 0 Å². The second-order valence-corrected chi connectivity index (χ2v) is 21.4. The predicted octanol–water partition coefficient (Wildman–Crippen LogP) is 6.79. The number of rotatable bonds is 13. The minimum absolute atomic E-state index is 0.137. The van der Waals surface area contributed by atoms with Crippen molar-refractivity contribution in [2.45, 2.75) is 103 Å². The van der Waals surface area contributed by atoms with Gasteiger partial charge in [-0.2, -0.15) is 0 Å². The number of ether oxygens (including phenoxy) is 2. The quantitative estimate of drug-likeness (QED) is 0.0886. The molecule has 0 atom stereocenters. The lowest BCUT2D eigenvalue weighted by molar-refractivity contribution is -0.135. The summed E-state index contributed by atoms with van der Waals surface area (Å²) in [4.78, 5) is 24.2. The molecule has 0 rings (SSSR count). The Hall–Kier alpha value is -1.23. The molecule has 0 spiro atoms. The molecule has 0 unspecified atom stereocenters. The molecule has 0 aliphatic carbocycles. The van der Waals surface area contributed by atoms with E-state index in [-0.39, 0.29) is 10.1 Å². The highest BCUT2D eigenvalue weighted by molar-refractivity contribution is 6.74. The van der Waals surface area contributed by atoms with Crippen LogP contribution in [-0.2, 0) is 27.9 Å². The van der Waals surface area contributed by atoms with Gasteiger partial charge in [-0.25, -0.2) is 9.59 Å². The van der Waals surface area contributed by atoms with Crippen molar-refractivity contribution in [1.82, 2.24) is 0 Å². The third-order valence-corrected chi connectivity index (χ3v) is 16.2. The number of allylic oxidation sites excluding steroid dienone is 2. The Bertz CT molecular complexity index is 663. The third-order valence-electron chi connectivity index (χ3n) is 7.12. The molecule has 198 valence electrons. The van der Waals surface area contributed by atoms with Gasteiger partial charge >= 0.3 is 11.9 Å². The zero-order valence-corrected chi connectivity index (χ0v) is 25.8. The van der Waals surface area contributed by atoms with Gasteiger partial charge in [0.25, 0.3) is 0 Å². The van der Waals surface area contributed by atoms with Gasteiger partial charge in [-0.15, -0.1) is 0 Å². The highest BCUT2D eigenvalue weighted by Crippen LogP contribution is 2.37. The second kappa shape index (κ2) is 13.8. The summed E-state index contributed by atoms with van der Waals surface area (Å²) >= 11 is 0. The van der Waals surface area contributed by atoms with Crippen molar-refractivity contribution in [3.63, 3.8) is 0 Å². The van der Waals surface area contributed by atoms with E-state index >= 15 is 0 Å². The highest BCUT2D eigenvalue weighted by Gasteiger charge is 2.37. The van der Waals surface area contributed by atoms with E-state index in [2.05, 4.69) is 67.7 Å². The lowest BCUT2D eigenvalue weighted by Crippen LogP contribution is -2.41. The summed E-state index contributed by atoms with van der Waals surface area (Å²) in [5, 5.41) is 0.273. The normalized spacial score (nSPS) is 14.2. The number of esters is 2. The van der Waals surface area contributed by atoms with Gasteiger partial charge in [0.1, 0.15) is 0 Å². The molecule has 0 heterocycles. The maximum atomic E-state index is 12.1. The Morgan fingerprint density at radius 3 is 1.18 bits per heavy atom. The van der Waals surface area contributed by atoms with E-state index in [1.54, 1.807) is 0 Å². The average Bonchev–Trinajstić information content (AvgIpc) is 2.70. The summed E-state index contributed by atoms with van der Waals surface area (Å²) in [5.41, 5.74) is 1.56. The fourth-order valence-corrected chi connectivity index (χ4v) is 4.84. The zero-order valence-electron chi connectivity index (χ0n) is 23.8. The van der Waals surface area contributed by atoms with Crippen LogP contribution in [0.5, 0.6) is 0 Å². The molecule has 0 N–H and O–H groups in total. The number of hydrogen-bond acceptors (Lipinski definition) is 6. The summed E-state index contributed by atoms with van der Waals surface area (Å²) < 4.78 is 22.3. The molecular formula is C26H50O6Si2. The Labute approximate surface area is 210 Å². The molecule has 0 aliphatic rings. The van der Waals surface area contributed by atoms with Gasteiger partial charge in [-0.1, -0.05) is 41.5 Å². The average molecular weight is 515 g/mol. The monoisotopic (exact) mass is 514 g/mol. The second-order valence-electron chi connectivity index (χ2n) is 11.8. The predicted molar refractivity (Wildman–Crippen MR) is 145 cm³/mol. The Morgan fingerprint density at radius 1 is 0.647 bits per heavy atom. The molecule has 0 fully saturated rings. The minimum Gasteiger partial charge on any atom is -0.466 e.